The summed E-state index contributed by atoms with van der Waals surface area (Å²) in [5.41, 5.74) is 0.773. The van der Waals surface area contributed by atoms with Gasteiger partial charge in [-0.25, -0.2) is 23.9 Å². The second-order valence-electron chi connectivity index (χ2n) is 11.6. The summed E-state index contributed by atoms with van der Waals surface area (Å²) in [5, 5.41) is 2.79. The van der Waals surface area contributed by atoms with Crippen LogP contribution in [0, 0.1) is 0 Å². The van der Waals surface area contributed by atoms with Crippen LogP contribution in [0.2, 0.25) is 0 Å². The van der Waals surface area contributed by atoms with Crippen molar-refractivity contribution < 1.29 is 66.6 Å². The zero-order chi connectivity index (χ0) is 34.2. The van der Waals surface area contributed by atoms with Gasteiger partial charge in [0.05, 0.1) is 33.0 Å². The van der Waals surface area contributed by atoms with Gasteiger partial charge in [0, 0.05) is 18.7 Å². The predicted molar refractivity (Wildman–Crippen MR) is 182 cm³/mol. The van der Waals surface area contributed by atoms with Gasteiger partial charge >= 0.3 is 18.3 Å². The number of carbonyl (C=O) groups is 3. The normalized spacial score (nSPS) is 10.6. The van der Waals surface area contributed by atoms with Gasteiger partial charge in [-0.05, 0) is 20.3 Å². The first-order valence-corrected chi connectivity index (χ1v) is 18.2. The van der Waals surface area contributed by atoms with Crippen LogP contribution >= 0.6 is 0 Å². The number of carbonyl (C=O) groups excluding carboxylic acids is 3. The lowest BCUT2D eigenvalue weighted by Crippen LogP contribution is -3.00. The van der Waals surface area contributed by atoms with Gasteiger partial charge in [0.25, 0.3) is 0 Å². The van der Waals surface area contributed by atoms with Crippen LogP contribution in [0.3, 0.4) is 0 Å². The SMILES string of the molecule is CCCCCCCCCCCCCCCCCNC(=O)OCCOCCOCCOC(=O)N(Cc1cccc[n+]1CC)C(=O)OCC.[I-]. The number of hydrogen-bond acceptors (Lipinski definition) is 8. The number of halogens is 1. The predicted octanol–water partition coefficient (Wildman–Crippen LogP) is 4.72. The summed E-state index contributed by atoms with van der Waals surface area (Å²) in [6, 6.07) is 5.56. The van der Waals surface area contributed by atoms with Crippen LogP contribution in [0.4, 0.5) is 14.4 Å². The Balaban J connectivity index is 0.0000221. The first-order chi connectivity index (χ1) is 23.0. The monoisotopic (exact) mass is 793 g/mol. The number of unbranched alkanes of at least 4 members (excludes halogenated alkanes) is 14. The van der Waals surface area contributed by atoms with E-state index in [1.54, 1.807) is 6.92 Å². The second kappa shape index (κ2) is 33.3. The molecule has 12 heteroatoms. The molecule has 1 aromatic rings. The number of amides is 3. The minimum Gasteiger partial charge on any atom is -1.00 e. The van der Waals surface area contributed by atoms with E-state index < -0.39 is 18.3 Å². The summed E-state index contributed by atoms with van der Waals surface area (Å²) in [4.78, 5) is 37.7. The van der Waals surface area contributed by atoms with Crippen molar-refractivity contribution in [1.82, 2.24) is 10.2 Å². The zero-order valence-corrected chi connectivity index (χ0v) is 32.2. The third-order valence-corrected chi connectivity index (χ3v) is 7.74. The van der Waals surface area contributed by atoms with E-state index in [-0.39, 0.29) is 70.2 Å². The number of aryl methyl sites for hydroxylation is 1. The van der Waals surface area contributed by atoms with Gasteiger partial charge in [-0.2, -0.15) is 0 Å². The Morgan fingerprint density at radius 1 is 0.646 bits per heavy atom. The lowest BCUT2D eigenvalue weighted by atomic mass is 10.0. The molecule has 11 nitrogen and oxygen atoms in total. The summed E-state index contributed by atoms with van der Waals surface area (Å²) in [7, 11) is 0. The molecule has 1 heterocycles. The van der Waals surface area contributed by atoms with Gasteiger partial charge in [0.2, 0.25) is 5.69 Å². The van der Waals surface area contributed by atoms with Crippen LogP contribution < -0.4 is 33.9 Å². The molecule has 0 saturated carbocycles. The molecule has 3 amide bonds. The quantitative estimate of drug-likeness (QED) is 0.0537. The summed E-state index contributed by atoms with van der Waals surface area (Å²) >= 11 is 0. The van der Waals surface area contributed by atoms with Crippen LogP contribution in [0.5, 0.6) is 0 Å². The average Bonchev–Trinajstić information content (AvgIpc) is 3.07. The molecule has 1 N–H and O–H groups in total. The van der Waals surface area contributed by atoms with E-state index in [0.717, 1.165) is 23.4 Å². The fraction of sp³-hybridized carbons (Fsp3) is 0.778. The van der Waals surface area contributed by atoms with Crippen molar-refractivity contribution in [2.75, 3.05) is 52.8 Å². The van der Waals surface area contributed by atoms with Crippen molar-refractivity contribution in [2.45, 2.75) is 130 Å². The number of nitrogens with one attached hydrogen (secondary N) is 1. The maximum Gasteiger partial charge on any atom is 0.419 e. The van der Waals surface area contributed by atoms with Crippen molar-refractivity contribution in [3.8, 4) is 0 Å². The Bertz CT molecular complexity index is 940. The number of ether oxygens (including phenoxy) is 5. The highest BCUT2D eigenvalue weighted by Gasteiger charge is 2.27. The van der Waals surface area contributed by atoms with Crippen molar-refractivity contribution >= 4 is 18.3 Å². The Kier molecular flexibility index (Phi) is 31.8. The number of nitrogens with zero attached hydrogens (tertiary/aromatic N) is 2. The highest BCUT2D eigenvalue weighted by molar-refractivity contribution is 5.87. The highest BCUT2D eigenvalue weighted by atomic mass is 127. The number of hydrogen-bond donors (Lipinski definition) is 1. The third kappa shape index (κ3) is 24.9. The number of pyridine rings is 1. The van der Waals surface area contributed by atoms with Gasteiger partial charge in [-0.1, -0.05) is 103 Å². The smallest absolute Gasteiger partial charge is 0.419 e. The number of alkyl carbamates (subject to hydrolysis) is 1. The fourth-order valence-corrected chi connectivity index (χ4v) is 5.05. The van der Waals surface area contributed by atoms with E-state index in [1.165, 1.54) is 83.5 Å². The van der Waals surface area contributed by atoms with E-state index in [0.29, 0.717) is 19.7 Å². The first-order valence-electron chi connectivity index (χ1n) is 18.2. The van der Waals surface area contributed by atoms with Crippen LogP contribution in [-0.2, 0) is 36.8 Å². The molecule has 0 atom stereocenters. The molecule has 1 rings (SSSR count). The molecule has 0 aromatic carbocycles. The van der Waals surface area contributed by atoms with Gasteiger partial charge < -0.3 is 53.0 Å². The molecule has 48 heavy (non-hydrogen) atoms. The van der Waals surface area contributed by atoms with Crippen LogP contribution in [-0.4, -0.2) is 76.0 Å². The summed E-state index contributed by atoms with van der Waals surface area (Å²) in [6.45, 7) is 8.53. The number of aromatic nitrogens is 1. The number of imide groups is 1. The minimum atomic E-state index is -0.801. The highest BCUT2D eigenvalue weighted by Crippen LogP contribution is 2.13. The van der Waals surface area contributed by atoms with E-state index >= 15 is 0 Å². The molecule has 0 spiro atoms. The van der Waals surface area contributed by atoms with E-state index in [2.05, 4.69) is 12.2 Å². The summed E-state index contributed by atoms with van der Waals surface area (Å²) < 4.78 is 28.2. The van der Waals surface area contributed by atoms with E-state index in [1.807, 2.05) is 35.9 Å². The molecule has 0 fully saturated rings. The summed E-state index contributed by atoms with van der Waals surface area (Å²) in [6.07, 6.45) is 19.6. The zero-order valence-electron chi connectivity index (χ0n) is 30.0. The van der Waals surface area contributed by atoms with E-state index in [4.69, 9.17) is 23.7 Å². The molecule has 0 aliphatic heterocycles. The van der Waals surface area contributed by atoms with Gasteiger partial charge in [0.15, 0.2) is 6.20 Å². The third-order valence-electron chi connectivity index (χ3n) is 7.74. The molecule has 0 unspecified atom stereocenters. The fourth-order valence-electron chi connectivity index (χ4n) is 5.05. The van der Waals surface area contributed by atoms with Crippen molar-refractivity contribution in [2.24, 2.45) is 0 Å². The maximum atomic E-state index is 12.6. The van der Waals surface area contributed by atoms with Crippen LogP contribution in [0.25, 0.3) is 0 Å². The standard InChI is InChI=1S/C36H63N3O8.HI/c1-4-7-8-9-10-11-12-13-14-15-16-17-18-19-21-24-37-34(40)46-30-28-43-26-27-44-29-31-47-36(42)39(35(41)45-6-3)32-33-23-20-22-25-38(33)5-2;/h20,22-23,25H,4-19,21,24,26-32H2,1-3H3;1H. The molecule has 1 aromatic heterocycles. The minimum absolute atomic E-state index is 0. The lowest BCUT2D eigenvalue weighted by molar-refractivity contribution is -0.701. The van der Waals surface area contributed by atoms with Gasteiger partial charge in [-0.15, -0.1) is 0 Å². The first kappa shape index (κ1) is 45.8. The molecule has 0 bridgehead atoms. The van der Waals surface area contributed by atoms with Gasteiger partial charge in [-0.3, -0.25) is 0 Å². The van der Waals surface area contributed by atoms with Crippen LogP contribution in [0.15, 0.2) is 24.4 Å². The van der Waals surface area contributed by atoms with Crippen molar-refractivity contribution in [1.29, 1.82) is 0 Å². The van der Waals surface area contributed by atoms with Gasteiger partial charge in [0.1, 0.15) is 26.3 Å². The molecule has 0 aliphatic rings. The largest absolute Gasteiger partial charge is 1.00 e. The molecule has 0 radical (unpaired) electrons. The van der Waals surface area contributed by atoms with E-state index in [9.17, 15) is 14.4 Å². The molecular formula is C36H64IN3O8. The lowest BCUT2D eigenvalue weighted by Gasteiger charge is -2.18. The van der Waals surface area contributed by atoms with Crippen LogP contribution in [0.1, 0.15) is 123 Å². The Labute approximate surface area is 307 Å². The van der Waals surface area contributed by atoms with Crippen molar-refractivity contribution in [3.63, 3.8) is 0 Å². The second-order valence-corrected chi connectivity index (χ2v) is 11.6. The molecule has 0 saturated heterocycles. The Hall–Kier alpha value is -2.19. The van der Waals surface area contributed by atoms with Crippen molar-refractivity contribution in [3.05, 3.63) is 30.1 Å². The molecule has 278 valence electrons. The number of rotatable bonds is 29. The summed E-state index contributed by atoms with van der Waals surface area (Å²) in [5.74, 6) is 0. The maximum absolute atomic E-state index is 12.6. The molecule has 0 aliphatic carbocycles. The Morgan fingerprint density at radius 2 is 1.15 bits per heavy atom. The Morgan fingerprint density at radius 3 is 1.69 bits per heavy atom. The average molecular weight is 794 g/mol. The topological polar surface area (TPSA) is 117 Å². The molecular weight excluding hydrogens is 729 g/mol.